The summed E-state index contributed by atoms with van der Waals surface area (Å²) in [5, 5.41) is 8.95. The molecule has 1 heterocycles. The topological polar surface area (TPSA) is 63.2 Å². The van der Waals surface area contributed by atoms with Gasteiger partial charge < -0.3 is 15.4 Å². The van der Waals surface area contributed by atoms with Gasteiger partial charge in [0.05, 0.1) is 6.61 Å². The third-order valence-corrected chi connectivity index (χ3v) is 4.59. The Labute approximate surface area is 161 Å². The maximum absolute atomic E-state index is 12.4. The first-order valence-electron chi connectivity index (χ1n) is 8.08. The van der Waals surface area contributed by atoms with Crippen LogP contribution >= 0.6 is 22.9 Å². The van der Waals surface area contributed by atoms with E-state index in [-0.39, 0.29) is 5.91 Å². The molecule has 0 fully saturated rings. The third kappa shape index (κ3) is 4.53. The molecule has 0 atom stereocenters. The van der Waals surface area contributed by atoms with E-state index in [4.69, 9.17) is 16.3 Å². The van der Waals surface area contributed by atoms with Crippen molar-refractivity contribution in [1.82, 2.24) is 4.98 Å². The molecular weight excluding hydrogens is 370 g/mol. The average Bonchev–Trinajstić information content (AvgIpc) is 3.09. The molecule has 2 aromatic carbocycles. The lowest BCUT2D eigenvalue weighted by atomic mass is 10.2. The lowest BCUT2D eigenvalue weighted by Gasteiger charge is -2.07. The number of ether oxygens (including phenoxy) is 1. The Hall–Kier alpha value is -2.57. The van der Waals surface area contributed by atoms with Crippen LogP contribution in [0.4, 0.5) is 16.5 Å². The van der Waals surface area contributed by atoms with Gasteiger partial charge >= 0.3 is 0 Å². The van der Waals surface area contributed by atoms with E-state index in [1.54, 1.807) is 17.5 Å². The Morgan fingerprint density at radius 2 is 2.00 bits per heavy atom. The highest BCUT2D eigenvalue weighted by Gasteiger charge is 2.12. The minimum absolute atomic E-state index is 0.272. The molecule has 0 aliphatic heterocycles. The van der Waals surface area contributed by atoms with Gasteiger partial charge in [-0.15, -0.1) is 11.3 Å². The number of thiazole rings is 1. The molecule has 0 bridgehead atoms. The summed E-state index contributed by atoms with van der Waals surface area (Å²) in [4.78, 5) is 16.7. The predicted molar refractivity (Wildman–Crippen MR) is 107 cm³/mol. The number of aromatic nitrogens is 1. The molecule has 2 N–H and O–H groups in total. The van der Waals surface area contributed by atoms with Gasteiger partial charge in [0.2, 0.25) is 0 Å². The Bertz CT molecular complexity index is 909. The first-order chi connectivity index (χ1) is 12.5. The Morgan fingerprint density at radius 3 is 2.73 bits per heavy atom. The molecule has 1 amide bonds. The van der Waals surface area contributed by atoms with Gasteiger partial charge in [0.15, 0.2) is 5.13 Å². The van der Waals surface area contributed by atoms with Gasteiger partial charge in [0.1, 0.15) is 11.4 Å². The number of carbonyl (C=O) groups excluding carboxylic acids is 1. The van der Waals surface area contributed by atoms with Crippen LogP contribution in [0.15, 0.2) is 47.8 Å². The van der Waals surface area contributed by atoms with Crippen molar-refractivity contribution in [3.8, 4) is 5.75 Å². The number of hydrogen-bond donors (Lipinski definition) is 2. The van der Waals surface area contributed by atoms with Crippen molar-refractivity contribution in [3.05, 3.63) is 64.1 Å². The van der Waals surface area contributed by atoms with Crippen LogP contribution in [-0.4, -0.2) is 17.5 Å². The van der Waals surface area contributed by atoms with Crippen LogP contribution in [0.1, 0.15) is 23.0 Å². The van der Waals surface area contributed by atoms with E-state index in [0.29, 0.717) is 28.1 Å². The molecule has 26 heavy (non-hydrogen) atoms. The highest BCUT2D eigenvalue weighted by Crippen LogP contribution is 2.24. The van der Waals surface area contributed by atoms with Gasteiger partial charge in [-0.3, -0.25) is 4.79 Å². The van der Waals surface area contributed by atoms with Gasteiger partial charge in [0, 0.05) is 21.8 Å². The van der Waals surface area contributed by atoms with Crippen LogP contribution in [0.2, 0.25) is 5.02 Å². The summed E-state index contributed by atoms with van der Waals surface area (Å²) < 4.78 is 5.42. The SMILES string of the molecule is CCOc1ccc(Nc2nc(C(=O)Nc3cc(Cl)ccc3C)cs2)cc1. The van der Waals surface area contributed by atoms with E-state index in [9.17, 15) is 4.79 Å². The van der Waals surface area contributed by atoms with E-state index in [1.807, 2.05) is 44.2 Å². The minimum Gasteiger partial charge on any atom is -0.494 e. The molecule has 134 valence electrons. The van der Waals surface area contributed by atoms with Crippen molar-refractivity contribution < 1.29 is 9.53 Å². The van der Waals surface area contributed by atoms with Crippen molar-refractivity contribution in [2.24, 2.45) is 0 Å². The number of rotatable bonds is 6. The maximum Gasteiger partial charge on any atom is 0.275 e. The normalized spacial score (nSPS) is 10.4. The molecule has 0 aliphatic carbocycles. The molecule has 3 aromatic rings. The predicted octanol–water partition coefficient (Wildman–Crippen LogP) is 5.50. The summed E-state index contributed by atoms with van der Waals surface area (Å²) in [7, 11) is 0. The summed E-state index contributed by atoms with van der Waals surface area (Å²) in [6, 6.07) is 12.9. The van der Waals surface area contributed by atoms with E-state index < -0.39 is 0 Å². The molecule has 0 aliphatic rings. The van der Waals surface area contributed by atoms with Crippen molar-refractivity contribution in [1.29, 1.82) is 0 Å². The Morgan fingerprint density at radius 1 is 1.23 bits per heavy atom. The second-order valence-electron chi connectivity index (χ2n) is 5.53. The zero-order valence-corrected chi connectivity index (χ0v) is 15.9. The molecular formula is C19H18ClN3O2S. The summed E-state index contributed by atoms with van der Waals surface area (Å²) in [6.07, 6.45) is 0. The lowest BCUT2D eigenvalue weighted by Crippen LogP contribution is -2.13. The highest BCUT2D eigenvalue weighted by atomic mass is 35.5. The molecule has 0 unspecified atom stereocenters. The number of benzene rings is 2. The molecule has 5 nitrogen and oxygen atoms in total. The average molecular weight is 388 g/mol. The fraction of sp³-hybridized carbons (Fsp3) is 0.158. The number of nitrogens with zero attached hydrogens (tertiary/aromatic N) is 1. The number of anilines is 3. The fourth-order valence-electron chi connectivity index (χ4n) is 2.28. The molecule has 0 radical (unpaired) electrons. The van der Waals surface area contributed by atoms with Gasteiger partial charge in [-0.1, -0.05) is 17.7 Å². The molecule has 1 aromatic heterocycles. The first kappa shape index (κ1) is 18.2. The van der Waals surface area contributed by atoms with Crippen molar-refractivity contribution in [2.45, 2.75) is 13.8 Å². The zero-order valence-electron chi connectivity index (χ0n) is 14.4. The van der Waals surface area contributed by atoms with Crippen LogP contribution in [-0.2, 0) is 0 Å². The Balaban J connectivity index is 1.67. The van der Waals surface area contributed by atoms with Gasteiger partial charge in [0.25, 0.3) is 5.91 Å². The standard InChI is InChI=1S/C19H18ClN3O2S/c1-3-25-15-8-6-14(7-9-15)21-19-23-17(11-26-19)18(24)22-16-10-13(20)5-4-12(16)2/h4-11H,3H2,1-2H3,(H,21,23)(H,22,24). The van der Waals surface area contributed by atoms with Crippen molar-refractivity contribution >= 4 is 45.4 Å². The number of carbonyl (C=O) groups is 1. The maximum atomic E-state index is 12.4. The highest BCUT2D eigenvalue weighted by molar-refractivity contribution is 7.14. The number of hydrogen-bond acceptors (Lipinski definition) is 5. The van der Waals surface area contributed by atoms with Crippen LogP contribution in [0.25, 0.3) is 0 Å². The third-order valence-electron chi connectivity index (χ3n) is 3.60. The smallest absolute Gasteiger partial charge is 0.275 e. The molecule has 7 heteroatoms. The van der Waals surface area contributed by atoms with Gasteiger partial charge in [-0.05, 0) is 55.8 Å². The monoisotopic (exact) mass is 387 g/mol. The number of aryl methyl sites for hydroxylation is 1. The fourth-order valence-corrected chi connectivity index (χ4v) is 3.16. The first-order valence-corrected chi connectivity index (χ1v) is 9.34. The number of amides is 1. The summed E-state index contributed by atoms with van der Waals surface area (Å²) in [5.41, 5.74) is 2.84. The largest absolute Gasteiger partial charge is 0.494 e. The summed E-state index contributed by atoms with van der Waals surface area (Å²) in [6.45, 7) is 4.48. The van der Waals surface area contributed by atoms with E-state index in [2.05, 4.69) is 15.6 Å². The summed E-state index contributed by atoms with van der Waals surface area (Å²) in [5.74, 6) is 0.542. The van der Waals surface area contributed by atoms with Crippen molar-refractivity contribution in [3.63, 3.8) is 0 Å². The van der Waals surface area contributed by atoms with Crippen molar-refractivity contribution in [2.75, 3.05) is 17.2 Å². The number of halogens is 1. The second kappa shape index (κ2) is 8.21. The molecule has 0 saturated heterocycles. The van der Waals surface area contributed by atoms with Crippen LogP contribution in [0, 0.1) is 6.92 Å². The zero-order chi connectivity index (χ0) is 18.5. The molecule has 3 rings (SSSR count). The quantitative estimate of drug-likeness (QED) is 0.586. The van der Waals surface area contributed by atoms with E-state index in [1.165, 1.54) is 11.3 Å². The van der Waals surface area contributed by atoms with Crippen LogP contribution in [0.3, 0.4) is 0 Å². The van der Waals surface area contributed by atoms with E-state index >= 15 is 0 Å². The van der Waals surface area contributed by atoms with E-state index in [0.717, 1.165) is 17.0 Å². The molecule has 0 saturated carbocycles. The number of nitrogens with one attached hydrogen (secondary N) is 2. The molecule has 0 spiro atoms. The second-order valence-corrected chi connectivity index (χ2v) is 6.83. The van der Waals surface area contributed by atoms with Gasteiger partial charge in [-0.25, -0.2) is 4.98 Å². The van der Waals surface area contributed by atoms with Gasteiger partial charge in [-0.2, -0.15) is 0 Å². The minimum atomic E-state index is -0.272. The lowest BCUT2D eigenvalue weighted by molar-refractivity contribution is 0.102. The van der Waals surface area contributed by atoms with Crippen LogP contribution in [0.5, 0.6) is 5.75 Å². The van der Waals surface area contributed by atoms with Crippen LogP contribution < -0.4 is 15.4 Å². The Kier molecular flexibility index (Phi) is 5.75. The summed E-state index contributed by atoms with van der Waals surface area (Å²) >= 11 is 7.35.